The Kier molecular flexibility index (Phi) is 6.75. The molecule has 20 heavy (non-hydrogen) atoms. The Morgan fingerprint density at radius 3 is 2.55 bits per heavy atom. The number of likely N-dealkylation sites (N-methyl/N-ethyl adjacent to an activating group) is 1. The molecular formula is C13H19BrF3N3. The van der Waals surface area contributed by atoms with Crippen molar-refractivity contribution in [3.63, 3.8) is 0 Å². The molecule has 0 atom stereocenters. The van der Waals surface area contributed by atoms with Crippen molar-refractivity contribution in [2.45, 2.75) is 26.4 Å². The summed E-state index contributed by atoms with van der Waals surface area (Å²) in [5, 5.41) is 2.78. The Morgan fingerprint density at radius 1 is 1.30 bits per heavy atom. The van der Waals surface area contributed by atoms with Crippen LogP contribution in [0.5, 0.6) is 0 Å². The zero-order valence-electron chi connectivity index (χ0n) is 11.6. The molecule has 0 unspecified atom stereocenters. The topological polar surface area (TPSA) is 28.2 Å². The summed E-state index contributed by atoms with van der Waals surface area (Å²) in [6.07, 6.45) is -2.02. The lowest BCUT2D eigenvalue weighted by Gasteiger charge is -2.20. The Morgan fingerprint density at radius 2 is 2.00 bits per heavy atom. The number of alkyl halides is 3. The van der Waals surface area contributed by atoms with E-state index in [1.807, 2.05) is 6.92 Å². The minimum atomic E-state index is -4.41. The first-order valence-electron chi connectivity index (χ1n) is 6.57. The summed E-state index contributed by atoms with van der Waals surface area (Å²) < 4.78 is 39.0. The molecule has 0 spiro atoms. The standard InChI is InChI=1S/C13H19BrF3N3/c1-3-6-20(4-2)7-5-18-12-11(13(15,16)17)8-10(14)9-19-12/h8-9H,3-7H2,1-2H3,(H,18,19). The highest BCUT2D eigenvalue weighted by Crippen LogP contribution is 2.35. The highest BCUT2D eigenvalue weighted by Gasteiger charge is 2.34. The van der Waals surface area contributed by atoms with Gasteiger partial charge in [0.25, 0.3) is 0 Å². The van der Waals surface area contributed by atoms with Gasteiger partial charge in [-0.3, -0.25) is 0 Å². The van der Waals surface area contributed by atoms with Crippen LogP contribution in [0.4, 0.5) is 19.0 Å². The number of hydrogen-bond acceptors (Lipinski definition) is 3. The molecule has 0 saturated carbocycles. The zero-order chi connectivity index (χ0) is 15.2. The zero-order valence-corrected chi connectivity index (χ0v) is 13.2. The van der Waals surface area contributed by atoms with E-state index in [1.165, 1.54) is 6.20 Å². The van der Waals surface area contributed by atoms with Crippen LogP contribution >= 0.6 is 15.9 Å². The SMILES string of the molecule is CCCN(CC)CCNc1ncc(Br)cc1C(F)(F)F. The molecule has 1 rings (SSSR count). The van der Waals surface area contributed by atoms with Gasteiger partial charge in [-0.1, -0.05) is 13.8 Å². The predicted octanol–water partition coefficient (Wildman–Crippen LogP) is 4.01. The Hall–Kier alpha value is -0.820. The average Bonchev–Trinajstić information content (AvgIpc) is 2.38. The summed E-state index contributed by atoms with van der Waals surface area (Å²) in [6.45, 7) is 7.07. The molecule has 0 aliphatic rings. The third-order valence-electron chi connectivity index (χ3n) is 2.87. The monoisotopic (exact) mass is 353 g/mol. The average molecular weight is 354 g/mol. The molecule has 0 fully saturated rings. The summed E-state index contributed by atoms with van der Waals surface area (Å²) in [5.41, 5.74) is -0.745. The van der Waals surface area contributed by atoms with Crippen LogP contribution in [0.1, 0.15) is 25.8 Å². The van der Waals surface area contributed by atoms with Crippen molar-refractivity contribution in [2.24, 2.45) is 0 Å². The summed E-state index contributed by atoms with van der Waals surface area (Å²) in [7, 11) is 0. The van der Waals surface area contributed by atoms with Gasteiger partial charge in [-0.15, -0.1) is 0 Å². The lowest BCUT2D eigenvalue weighted by atomic mass is 10.2. The van der Waals surface area contributed by atoms with Crippen LogP contribution < -0.4 is 5.32 Å². The molecule has 0 aromatic carbocycles. The molecule has 0 aliphatic carbocycles. The van der Waals surface area contributed by atoms with Crippen molar-refractivity contribution in [3.05, 3.63) is 22.3 Å². The Bertz CT molecular complexity index is 424. The third-order valence-corrected chi connectivity index (χ3v) is 3.30. The van der Waals surface area contributed by atoms with Gasteiger partial charge in [0, 0.05) is 23.8 Å². The lowest BCUT2D eigenvalue weighted by molar-refractivity contribution is -0.137. The van der Waals surface area contributed by atoms with Crippen LogP contribution in [0.3, 0.4) is 0 Å². The molecule has 1 aromatic rings. The second kappa shape index (κ2) is 7.83. The summed E-state index contributed by atoms with van der Waals surface area (Å²) in [5.74, 6) is -0.117. The first-order chi connectivity index (χ1) is 9.38. The normalized spacial score (nSPS) is 11.9. The van der Waals surface area contributed by atoms with Gasteiger partial charge in [-0.25, -0.2) is 4.98 Å². The maximum absolute atomic E-state index is 12.9. The van der Waals surface area contributed by atoms with Crippen LogP contribution in [0.25, 0.3) is 0 Å². The highest BCUT2D eigenvalue weighted by atomic mass is 79.9. The first-order valence-corrected chi connectivity index (χ1v) is 7.36. The van der Waals surface area contributed by atoms with Gasteiger partial charge < -0.3 is 10.2 Å². The maximum Gasteiger partial charge on any atom is 0.419 e. The summed E-state index contributed by atoms with van der Waals surface area (Å²) in [6, 6.07) is 1.04. The fraction of sp³-hybridized carbons (Fsp3) is 0.615. The number of rotatable bonds is 7. The van der Waals surface area contributed by atoms with E-state index in [0.717, 1.165) is 25.6 Å². The molecule has 0 radical (unpaired) electrons. The number of nitrogens with zero attached hydrogens (tertiary/aromatic N) is 2. The largest absolute Gasteiger partial charge is 0.419 e. The highest BCUT2D eigenvalue weighted by molar-refractivity contribution is 9.10. The molecule has 1 heterocycles. The molecule has 0 amide bonds. The smallest absolute Gasteiger partial charge is 0.368 e. The molecule has 0 aliphatic heterocycles. The van der Waals surface area contributed by atoms with Crippen LogP contribution in [0.15, 0.2) is 16.7 Å². The van der Waals surface area contributed by atoms with Crippen LogP contribution in [0, 0.1) is 0 Å². The fourth-order valence-corrected chi connectivity index (χ4v) is 2.20. The van der Waals surface area contributed by atoms with E-state index in [4.69, 9.17) is 0 Å². The second-order valence-electron chi connectivity index (χ2n) is 4.41. The van der Waals surface area contributed by atoms with Gasteiger partial charge in [0.2, 0.25) is 0 Å². The van der Waals surface area contributed by atoms with Crippen molar-refractivity contribution in [3.8, 4) is 0 Å². The van der Waals surface area contributed by atoms with E-state index in [-0.39, 0.29) is 5.82 Å². The molecule has 3 nitrogen and oxygen atoms in total. The van der Waals surface area contributed by atoms with Crippen molar-refractivity contribution in [1.82, 2.24) is 9.88 Å². The molecule has 7 heteroatoms. The van der Waals surface area contributed by atoms with Crippen molar-refractivity contribution < 1.29 is 13.2 Å². The van der Waals surface area contributed by atoms with E-state index in [0.29, 0.717) is 17.6 Å². The van der Waals surface area contributed by atoms with E-state index >= 15 is 0 Å². The minimum Gasteiger partial charge on any atom is -0.368 e. The number of nitrogens with one attached hydrogen (secondary N) is 1. The molecule has 0 saturated heterocycles. The number of aromatic nitrogens is 1. The van der Waals surface area contributed by atoms with Gasteiger partial charge in [-0.2, -0.15) is 13.2 Å². The molecule has 1 aromatic heterocycles. The predicted molar refractivity (Wildman–Crippen MR) is 77.8 cm³/mol. The van der Waals surface area contributed by atoms with E-state index in [1.54, 1.807) is 0 Å². The summed E-state index contributed by atoms with van der Waals surface area (Å²) in [4.78, 5) is 6.00. The van der Waals surface area contributed by atoms with E-state index in [9.17, 15) is 13.2 Å². The Labute approximate surface area is 125 Å². The molecular weight excluding hydrogens is 335 g/mol. The van der Waals surface area contributed by atoms with Crippen LogP contribution in [-0.2, 0) is 6.18 Å². The third kappa shape index (κ3) is 5.28. The number of anilines is 1. The Balaban J connectivity index is 2.68. The van der Waals surface area contributed by atoms with Gasteiger partial charge in [-0.05, 0) is 41.5 Å². The minimum absolute atomic E-state index is 0.117. The number of hydrogen-bond donors (Lipinski definition) is 1. The van der Waals surface area contributed by atoms with Gasteiger partial charge in [0.05, 0.1) is 5.56 Å². The number of pyridine rings is 1. The second-order valence-corrected chi connectivity index (χ2v) is 5.32. The van der Waals surface area contributed by atoms with E-state index in [2.05, 4.69) is 38.1 Å². The van der Waals surface area contributed by atoms with Crippen molar-refractivity contribution in [2.75, 3.05) is 31.5 Å². The first kappa shape index (κ1) is 17.2. The van der Waals surface area contributed by atoms with E-state index < -0.39 is 11.7 Å². The van der Waals surface area contributed by atoms with Gasteiger partial charge in [0.15, 0.2) is 0 Å². The lowest BCUT2D eigenvalue weighted by Crippen LogP contribution is -2.30. The molecule has 0 bridgehead atoms. The van der Waals surface area contributed by atoms with Gasteiger partial charge in [0.1, 0.15) is 5.82 Å². The van der Waals surface area contributed by atoms with Crippen LogP contribution in [-0.4, -0.2) is 36.1 Å². The fourth-order valence-electron chi connectivity index (χ4n) is 1.87. The van der Waals surface area contributed by atoms with Crippen molar-refractivity contribution >= 4 is 21.7 Å². The summed E-state index contributed by atoms with van der Waals surface area (Å²) >= 11 is 3.01. The van der Waals surface area contributed by atoms with Gasteiger partial charge >= 0.3 is 6.18 Å². The molecule has 1 N–H and O–H groups in total. The maximum atomic E-state index is 12.9. The van der Waals surface area contributed by atoms with Crippen LogP contribution in [0.2, 0.25) is 0 Å². The number of halogens is 4. The molecule has 114 valence electrons. The quantitative estimate of drug-likeness (QED) is 0.802. The van der Waals surface area contributed by atoms with Crippen molar-refractivity contribution in [1.29, 1.82) is 0 Å².